The van der Waals surface area contributed by atoms with Crippen LogP contribution in [0.15, 0.2) is 53.6 Å². The van der Waals surface area contributed by atoms with Crippen LogP contribution >= 0.6 is 11.8 Å². The zero-order valence-electron chi connectivity index (χ0n) is 12.8. The second-order valence-corrected chi connectivity index (χ2v) is 5.66. The Bertz CT molecular complexity index is 607. The molecule has 0 heterocycles. The quantitative estimate of drug-likeness (QED) is 0.352. The fraction of sp³-hybridized carbons (Fsp3) is 0.278. The van der Waals surface area contributed by atoms with E-state index in [1.807, 2.05) is 48.6 Å². The predicted molar refractivity (Wildman–Crippen MR) is 93.2 cm³/mol. The van der Waals surface area contributed by atoms with Gasteiger partial charge < -0.3 is 0 Å². The Balaban J connectivity index is 2.65. The van der Waals surface area contributed by atoms with Crippen molar-refractivity contribution in [2.24, 2.45) is 4.99 Å². The molecule has 0 spiro atoms. The highest BCUT2D eigenvalue weighted by atomic mass is 32.2. The fourth-order valence-electron chi connectivity index (χ4n) is 1.72. The zero-order valence-corrected chi connectivity index (χ0v) is 13.6. The van der Waals surface area contributed by atoms with Gasteiger partial charge in [-0.15, -0.1) is 12.3 Å². The monoisotopic (exact) mass is 337 g/mol. The third kappa shape index (κ3) is 8.94. The van der Waals surface area contributed by atoms with Crippen LogP contribution in [0.1, 0.15) is 25.3 Å². The van der Waals surface area contributed by atoms with Gasteiger partial charge in [-0.25, -0.2) is 0 Å². The SMILES string of the molecule is C#CC/C=C(\C=C/CC(C)=NCSC(F)(F)F)c1ccccc1. The maximum absolute atomic E-state index is 12.0. The highest BCUT2D eigenvalue weighted by Crippen LogP contribution is 2.29. The molecule has 0 atom stereocenters. The molecule has 5 heteroatoms. The largest absolute Gasteiger partial charge is 0.443 e. The van der Waals surface area contributed by atoms with Crippen LogP contribution in [0.3, 0.4) is 0 Å². The molecule has 1 nitrogen and oxygen atoms in total. The number of hydrogen-bond acceptors (Lipinski definition) is 2. The van der Waals surface area contributed by atoms with Gasteiger partial charge in [-0.2, -0.15) is 13.2 Å². The molecule has 0 N–H and O–H groups in total. The van der Waals surface area contributed by atoms with E-state index in [1.54, 1.807) is 6.92 Å². The van der Waals surface area contributed by atoms with Gasteiger partial charge in [0.15, 0.2) is 0 Å². The van der Waals surface area contributed by atoms with Crippen molar-refractivity contribution in [2.75, 3.05) is 5.88 Å². The number of nitrogens with zero attached hydrogens (tertiary/aromatic N) is 1. The highest BCUT2D eigenvalue weighted by Gasteiger charge is 2.27. The average molecular weight is 337 g/mol. The first kappa shape index (κ1) is 19.1. The lowest BCUT2D eigenvalue weighted by atomic mass is 10.0. The van der Waals surface area contributed by atoms with Crippen LogP contribution in [0, 0.1) is 12.3 Å². The number of aliphatic imine (C=N–C) groups is 1. The van der Waals surface area contributed by atoms with Crippen molar-refractivity contribution in [1.29, 1.82) is 0 Å². The molecule has 23 heavy (non-hydrogen) atoms. The van der Waals surface area contributed by atoms with E-state index in [0.717, 1.165) is 11.1 Å². The number of alkyl halides is 3. The van der Waals surface area contributed by atoms with Crippen molar-refractivity contribution >= 4 is 23.0 Å². The maximum atomic E-state index is 12.0. The van der Waals surface area contributed by atoms with Gasteiger partial charge in [-0.1, -0.05) is 48.6 Å². The number of halogens is 3. The Hall–Kier alpha value is -1.93. The summed E-state index contributed by atoms with van der Waals surface area (Å²) in [5.74, 6) is 2.26. The molecule has 0 saturated carbocycles. The minimum absolute atomic E-state index is 0.135. The predicted octanol–water partition coefficient (Wildman–Crippen LogP) is 5.71. The average Bonchev–Trinajstić information content (AvgIpc) is 2.50. The van der Waals surface area contributed by atoms with E-state index in [4.69, 9.17) is 6.42 Å². The van der Waals surface area contributed by atoms with Crippen LogP contribution in [-0.2, 0) is 0 Å². The zero-order chi connectivity index (χ0) is 17.1. The Morgan fingerprint density at radius 3 is 2.61 bits per heavy atom. The summed E-state index contributed by atoms with van der Waals surface area (Å²) in [5.41, 5.74) is -1.55. The molecule has 0 unspecified atom stereocenters. The van der Waals surface area contributed by atoms with Crippen LogP contribution < -0.4 is 0 Å². The molecule has 0 radical (unpaired) electrons. The molecular weight excluding hydrogens is 319 g/mol. The second-order valence-electron chi connectivity index (χ2n) is 4.65. The first-order valence-corrected chi connectivity index (χ1v) is 7.97. The normalized spacial score (nSPS) is 13.3. The summed E-state index contributed by atoms with van der Waals surface area (Å²) in [6.07, 6.45) is 12.0. The van der Waals surface area contributed by atoms with Gasteiger partial charge in [0, 0.05) is 18.6 Å². The summed E-state index contributed by atoms with van der Waals surface area (Å²) < 4.78 is 36.1. The Morgan fingerprint density at radius 1 is 1.30 bits per heavy atom. The van der Waals surface area contributed by atoms with Crippen LogP contribution in [0.4, 0.5) is 13.2 Å². The maximum Gasteiger partial charge on any atom is 0.443 e. The number of hydrogen-bond donors (Lipinski definition) is 0. The highest BCUT2D eigenvalue weighted by molar-refractivity contribution is 8.00. The van der Waals surface area contributed by atoms with E-state index < -0.39 is 5.51 Å². The molecule has 0 bridgehead atoms. The molecule has 0 aromatic heterocycles. The molecule has 1 aromatic carbocycles. The van der Waals surface area contributed by atoms with Gasteiger partial charge in [-0.3, -0.25) is 4.99 Å². The van der Waals surface area contributed by atoms with E-state index >= 15 is 0 Å². The van der Waals surface area contributed by atoms with Gasteiger partial charge in [0.1, 0.15) is 0 Å². The van der Waals surface area contributed by atoms with Crippen LogP contribution in [0.25, 0.3) is 5.57 Å². The van der Waals surface area contributed by atoms with Crippen molar-refractivity contribution in [3.8, 4) is 12.3 Å². The van der Waals surface area contributed by atoms with Gasteiger partial charge in [0.2, 0.25) is 0 Å². The van der Waals surface area contributed by atoms with Gasteiger partial charge >= 0.3 is 5.51 Å². The van der Waals surface area contributed by atoms with E-state index in [1.165, 1.54) is 0 Å². The molecule has 1 rings (SSSR count). The van der Waals surface area contributed by atoms with Crippen LogP contribution in [0.2, 0.25) is 0 Å². The summed E-state index contributed by atoms with van der Waals surface area (Å²) in [5, 5.41) is 0. The van der Waals surface area contributed by atoms with Gasteiger partial charge in [0.05, 0.1) is 5.88 Å². The first-order chi connectivity index (χ1) is 10.9. The molecule has 0 saturated heterocycles. The minimum Gasteiger partial charge on any atom is -0.283 e. The van der Waals surface area contributed by atoms with E-state index in [0.29, 0.717) is 18.6 Å². The van der Waals surface area contributed by atoms with E-state index in [9.17, 15) is 13.2 Å². The Morgan fingerprint density at radius 2 is 2.00 bits per heavy atom. The topological polar surface area (TPSA) is 12.4 Å². The van der Waals surface area contributed by atoms with E-state index in [-0.39, 0.29) is 17.6 Å². The first-order valence-electron chi connectivity index (χ1n) is 6.98. The third-order valence-electron chi connectivity index (χ3n) is 2.82. The van der Waals surface area contributed by atoms with E-state index in [2.05, 4.69) is 10.9 Å². The Labute approximate surface area is 139 Å². The fourth-order valence-corrected chi connectivity index (χ4v) is 2.15. The lowest BCUT2D eigenvalue weighted by molar-refractivity contribution is -0.0327. The van der Waals surface area contributed by atoms with Gasteiger partial charge in [0.25, 0.3) is 0 Å². The summed E-state index contributed by atoms with van der Waals surface area (Å²) in [6, 6.07) is 9.77. The van der Waals surface area contributed by atoms with Crippen molar-refractivity contribution in [1.82, 2.24) is 0 Å². The van der Waals surface area contributed by atoms with Crippen molar-refractivity contribution in [3.63, 3.8) is 0 Å². The molecule has 0 aliphatic rings. The van der Waals surface area contributed by atoms with Crippen molar-refractivity contribution < 1.29 is 13.2 Å². The lowest BCUT2D eigenvalue weighted by Gasteiger charge is -2.03. The summed E-state index contributed by atoms with van der Waals surface area (Å²) in [4.78, 5) is 3.90. The van der Waals surface area contributed by atoms with Crippen LogP contribution in [-0.4, -0.2) is 17.1 Å². The van der Waals surface area contributed by atoms with Gasteiger partial charge in [-0.05, 0) is 29.8 Å². The molecule has 0 amide bonds. The smallest absolute Gasteiger partial charge is 0.283 e. The number of benzene rings is 1. The molecular formula is C18H18F3NS. The van der Waals surface area contributed by atoms with Crippen molar-refractivity contribution in [3.05, 3.63) is 54.1 Å². The number of thioether (sulfide) groups is 1. The van der Waals surface area contributed by atoms with Crippen molar-refractivity contribution in [2.45, 2.75) is 25.3 Å². The number of allylic oxidation sites excluding steroid dienone is 4. The molecule has 0 aliphatic carbocycles. The summed E-state index contributed by atoms with van der Waals surface area (Å²) in [7, 11) is 0. The number of rotatable bonds is 7. The molecule has 1 aromatic rings. The minimum atomic E-state index is -4.24. The number of terminal acetylenes is 1. The molecule has 0 aliphatic heterocycles. The van der Waals surface area contributed by atoms with Crippen LogP contribution in [0.5, 0.6) is 0 Å². The molecule has 0 fully saturated rings. The third-order valence-corrected chi connectivity index (χ3v) is 3.41. The summed E-state index contributed by atoms with van der Waals surface area (Å²) >= 11 is -0.135. The Kier molecular flexibility index (Phi) is 8.28. The molecule has 122 valence electrons. The summed E-state index contributed by atoms with van der Waals surface area (Å²) in [6.45, 7) is 1.72. The standard InChI is InChI=1S/C18H18F3NS/c1-3-4-10-16(17-11-6-5-7-12-17)13-8-9-15(2)22-14-23-18(19,20)21/h1,5-8,10-13H,4,9,14H2,2H3/b13-8-,16-10+,22-15?. The second kappa shape index (κ2) is 9.96. The lowest BCUT2D eigenvalue weighted by Crippen LogP contribution is -2.01.